The molecular formula is C61H79F4N7O14S. The molecule has 1 fully saturated rings. The van der Waals surface area contributed by atoms with E-state index >= 15 is 0 Å². The molecule has 0 aliphatic carbocycles. The molecule has 0 atom stereocenters. The Bertz CT molecular complexity index is 3040. The maximum Gasteiger partial charge on any atom is 0.313 e. The zero-order valence-corrected chi connectivity index (χ0v) is 49.9. The molecule has 0 saturated carbocycles. The van der Waals surface area contributed by atoms with Crippen molar-refractivity contribution in [2.75, 3.05) is 169 Å². The molecule has 1 aromatic heterocycles. The molecule has 4 aromatic carbocycles. The first-order valence-corrected chi connectivity index (χ1v) is 30.5. The first-order chi connectivity index (χ1) is 42.4. The van der Waals surface area contributed by atoms with E-state index in [2.05, 4.69) is 44.4 Å². The van der Waals surface area contributed by atoms with Gasteiger partial charge in [-0.05, 0) is 72.0 Å². The van der Waals surface area contributed by atoms with Gasteiger partial charge in [0, 0.05) is 42.7 Å². The Balaban J connectivity index is 0.715. The zero-order valence-electron chi connectivity index (χ0n) is 49.1. The lowest BCUT2D eigenvalue weighted by molar-refractivity contribution is -0.136. The van der Waals surface area contributed by atoms with Gasteiger partial charge < -0.3 is 68.5 Å². The van der Waals surface area contributed by atoms with Crippen LogP contribution in [0.4, 0.5) is 29.1 Å². The Morgan fingerprint density at radius 2 is 1.20 bits per heavy atom. The van der Waals surface area contributed by atoms with E-state index in [0.717, 1.165) is 53.3 Å². The number of nitrogens with two attached hydrogens (primary N) is 1. The van der Waals surface area contributed by atoms with Crippen LogP contribution in [0.5, 0.6) is 5.75 Å². The van der Waals surface area contributed by atoms with Crippen LogP contribution in [-0.4, -0.2) is 188 Å². The number of nitrogen functional groups attached to an aromatic ring is 1. The number of benzene rings is 4. The minimum atomic E-state index is -3.75. The molecule has 6 rings (SSSR count). The number of fused-ring (bicyclic) bond motifs is 1. The number of aryl methyl sites for hydroxylation is 1. The van der Waals surface area contributed by atoms with Crippen LogP contribution >= 0.6 is 0 Å². The summed E-state index contributed by atoms with van der Waals surface area (Å²) in [4.78, 5) is 21.3. The minimum Gasteiger partial charge on any atom is -0.420 e. The van der Waals surface area contributed by atoms with Crippen molar-refractivity contribution in [2.45, 2.75) is 43.9 Å². The Labute approximate surface area is 505 Å². The van der Waals surface area contributed by atoms with Gasteiger partial charge in [-0.1, -0.05) is 50.1 Å². The Hall–Kier alpha value is -6.45. The molecule has 2 heterocycles. The molecule has 0 bridgehead atoms. The highest BCUT2D eigenvalue weighted by molar-refractivity contribution is 7.89. The van der Waals surface area contributed by atoms with Crippen LogP contribution in [0.25, 0.3) is 22.0 Å². The number of aliphatic imine (C=N–C) groups is 1. The quantitative estimate of drug-likeness (QED) is 0.00649. The summed E-state index contributed by atoms with van der Waals surface area (Å²) in [5, 5.41) is 17.0. The highest BCUT2D eigenvalue weighted by atomic mass is 32.2. The van der Waals surface area contributed by atoms with Crippen molar-refractivity contribution in [3.05, 3.63) is 113 Å². The van der Waals surface area contributed by atoms with Crippen molar-refractivity contribution in [3.63, 3.8) is 0 Å². The topological polar surface area (TPSA) is 255 Å². The van der Waals surface area contributed by atoms with E-state index < -0.39 is 51.4 Å². The number of sulfonamides is 1. The average molecular weight is 1240 g/mol. The number of nitriles is 1. The summed E-state index contributed by atoms with van der Waals surface area (Å²) in [6.45, 7) is 10.2. The van der Waals surface area contributed by atoms with E-state index in [-0.39, 0.29) is 43.3 Å². The number of carbonyl (C=O) groups excluding carboxylic acids is 1. The van der Waals surface area contributed by atoms with E-state index in [1.54, 1.807) is 36.4 Å². The van der Waals surface area contributed by atoms with Gasteiger partial charge in [0.15, 0.2) is 17.6 Å². The minimum absolute atomic E-state index is 0.0141. The van der Waals surface area contributed by atoms with Gasteiger partial charge in [-0.25, -0.2) is 22.2 Å². The number of rotatable bonds is 44. The van der Waals surface area contributed by atoms with Gasteiger partial charge in [0.25, 0.3) is 0 Å². The normalized spacial score (nSPS) is 13.0. The summed E-state index contributed by atoms with van der Waals surface area (Å²) in [5.41, 5.74) is 10.9. The average Bonchev–Trinajstić information content (AvgIpc) is 2.23. The molecule has 476 valence electrons. The largest absolute Gasteiger partial charge is 0.420 e. The first kappa shape index (κ1) is 69.6. The number of pyridine rings is 1. The molecule has 1 saturated heterocycles. The lowest BCUT2D eigenvalue weighted by Gasteiger charge is -2.38. The zero-order chi connectivity index (χ0) is 61.9. The summed E-state index contributed by atoms with van der Waals surface area (Å²) in [7, 11) is -3.75. The smallest absolute Gasteiger partial charge is 0.313 e. The fourth-order valence-corrected chi connectivity index (χ4v) is 10.1. The predicted molar refractivity (Wildman–Crippen MR) is 317 cm³/mol. The van der Waals surface area contributed by atoms with Gasteiger partial charge in [-0.15, -0.1) is 0 Å². The van der Waals surface area contributed by atoms with Gasteiger partial charge in [-0.3, -0.25) is 9.79 Å². The number of unbranched alkanes of at least 4 members (excludes halogenated alkanes) is 2. The van der Waals surface area contributed by atoms with Gasteiger partial charge in [-0.2, -0.15) is 18.3 Å². The summed E-state index contributed by atoms with van der Waals surface area (Å²) >= 11 is 0. The number of ether oxygens (including phenoxy) is 11. The fraction of sp³-hybridized carbons (Fsp3) is 0.508. The van der Waals surface area contributed by atoms with Gasteiger partial charge >= 0.3 is 5.97 Å². The van der Waals surface area contributed by atoms with E-state index in [0.29, 0.717) is 155 Å². The van der Waals surface area contributed by atoms with Crippen molar-refractivity contribution in [1.82, 2.24) is 14.6 Å². The SMILES string of the molecule is CCCCCc1cc2ccc(-c3cccc(S(=O)(=O)N4CC(CN/C(=N\CCOCCOCCOCCOCCOCCOCCOCCOCCOCCOCCC(=O)Oc5c(F)c(F)cc(F)c5F)Nc5cccc(C#N)c5)C4)c3)cc2nc1N. The number of guanidine groups is 1. The molecule has 0 spiro atoms. The third-order valence-electron chi connectivity index (χ3n) is 13.1. The predicted octanol–water partition coefficient (Wildman–Crippen LogP) is 7.48. The number of aromatic nitrogens is 1. The van der Waals surface area contributed by atoms with Crippen molar-refractivity contribution in [3.8, 4) is 22.9 Å². The highest BCUT2D eigenvalue weighted by Crippen LogP contribution is 2.31. The number of anilines is 2. The molecule has 1 aliphatic heterocycles. The van der Waals surface area contributed by atoms with Crippen molar-refractivity contribution < 1.29 is 82.9 Å². The number of nitrogens with zero attached hydrogens (tertiary/aromatic N) is 4. The molecule has 26 heteroatoms. The maximum atomic E-state index is 13.8. The highest BCUT2D eigenvalue weighted by Gasteiger charge is 2.37. The number of esters is 1. The van der Waals surface area contributed by atoms with Crippen molar-refractivity contribution in [2.24, 2.45) is 10.9 Å². The third kappa shape index (κ3) is 24.9. The summed E-state index contributed by atoms with van der Waals surface area (Å²) in [5.74, 6) is -8.51. The standard InChI is InChI=1S/C61H79F4N7O14S/c1-2-3-4-8-50-37-49-13-12-48(39-55(49)71-60(50)67)47-9-6-11-52(38-47)87(74,75)72-43-46(44-72)42-69-61(70-51-10-5-7-45(36-51)41-66)68-15-17-77-19-21-79-23-25-81-27-29-83-31-33-85-35-34-84-32-30-82-28-26-80-24-22-78-20-18-76-16-14-56(73)86-59-57(64)53(62)40-54(63)58(59)65/h5-7,9-13,36-40,46H,2-4,8,14-35,42-44H2,1H3,(H2,67,71)(H2,68,69,70). The monoisotopic (exact) mass is 1240 g/mol. The Kier molecular flexibility index (Phi) is 31.6. The lowest BCUT2D eigenvalue weighted by Crippen LogP contribution is -2.54. The van der Waals surface area contributed by atoms with Crippen LogP contribution in [0.3, 0.4) is 0 Å². The number of hydrogen-bond donors (Lipinski definition) is 3. The molecule has 5 aromatic rings. The Morgan fingerprint density at radius 3 is 1.75 bits per heavy atom. The molecule has 0 unspecified atom stereocenters. The van der Waals surface area contributed by atoms with Crippen LogP contribution in [0, 0.1) is 40.5 Å². The molecule has 0 radical (unpaired) electrons. The van der Waals surface area contributed by atoms with Gasteiger partial charge in [0.05, 0.1) is 167 Å². The first-order valence-electron chi connectivity index (χ1n) is 29.0. The van der Waals surface area contributed by atoms with Gasteiger partial charge in [0.2, 0.25) is 27.4 Å². The molecule has 0 amide bonds. The number of halogens is 4. The number of hydrogen-bond acceptors (Lipinski definition) is 18. The van der Waals surface area contributed by atoms with Crippen LogP contribution in [-0.2, 0) is 68.6 Å². The second kappa shape index (κ2) is 39.4. The number of nitrogens with one attached hydrogen (secondary N) is 2. The van der Waals surface area contributed by atoms with E-state index in [1.807, 2.05) is 30.3 Å². The second-order valence-corrected chi connectivity index (χ2v) is 21.6. The maximum absolute atomic E-state index is 13.8. The Morgan fingerprint density at radius 1 is 0.667 bits per heavy atom. The van der Waals surface area contributed by atoms with Crippen LogP contribution < -0.4 is 21.1 Å². The molecule has 87 heavy (non-hydrogen) atoms. The van der Waals surface area contributed by atoms with Crippen LogP contribution in [0.2, 0.25) is 0 Å². The summed E-state index contributed by atoms with van der Waals surface area (Å²) in [6.07, 6.45) is 3.80. The third-order valence-corrected chi connectivity index (χ3v) is 14.9. The van der Waals surface area contributed by atoms with Crippen LogP contribution in [0.1, 0.15) is 43.7 Å². The van der Waals surface area contributed by atoms with E-state index in [9.17, 15) is 36.0 Å². The van der Waals surface area contributed by atoms with Crippen molar-refractivity contribution in [1.29, 1.82) is 5.26 Å². The molecule has 4 N–H and O–H groups in total. The number of carbonyl (C=O) groups is 1. The lowest BCUT2D eigenvalue weighted by atomic mass is 10.0. The summed E-state index contributed by atoms with van der Waals surface area (Å²) < 4.78 is 142. The fourth-order valence-electron chi connectivity index (χ4n) is 8.45. The molecular weight excluding hydrogens is 1160 g/mol. The molecule has 1 aliphatic rings. The van der Waals surface area contributed by atoms with E-state index in [1.165, 1.54) is 4.31 Å². The van der Waals surface area contributed by atoms with Crippen LogP contribution in [0.15, 0.2) is 88.8 Å². The van der Waals surface area contributed by atoms with Crippen molar-refractivity contribution >= 4 is 44.4 Å². The summed E-state index contributed by atoms with van der Waals surface area (Å²) in [6, 6.07) is 24.3. The second-order valence-electron chi connectivity index (χ2n) is 19.7. The van der Waals surface area contributed by atoms with Gasteiger partial charge in [0.1, 0.15) is 5.82 Å². The molecule has 21 nitrogen and oxygen atoms in total. The van der Waals surface area contributed by atoms with E-state index in [4.69, 9.17) is 53.1 Å².